The van der Waals surface area contributed by atoms with E-state index in [2.05, 4.69) is 4.74 Å². The van der Waals surface area contributed by atoms with Crippen molar-refractivity contribution in [2.24, 2.45) is 5.73 Å². The number of carbonyl (C=O) groups is 2. The first-order valence-corrected chi connectivity index (χ1v) is 5.54. The number of halogens is 1. The number of hydrogen-bond acceptors (Lipinski definition) is 5. The zero-order chi connectivity index (χ0) is 13.6. The molecule has 0 heterocycles. The molecule has 0 aliphatic carbocycles. The third-order valence-electron chi connectivity index (χ3n) is 1.72. The van der Waals surface area contributed by atoms with E-state index in [-0.39, 0.29) is 6.10 Å². The Morgan fingerprint density at radius 2 is 1.47 bits per heavy atom. The molecule has 0 radical (unpaired) electrons. The second kappa shape index (κ2) is 7.21. The summed E-state index contributed by atoms with van der Waals surface area (Å²) in [5, 5.41) is 0. The Morgan fingerprint density at radius 3 is 1.88 bits per heavy atom. The highest BCUT2D eigenvalue weighted by Crippen LogP contribution is 2.07. The summed E-state index contributed by atoms with van der Waals surface area (Å²) < 4.78 is 22.8. The van der Waals surface area contributed by atoms with Crippen LogP contribution in [0.15, 0.2) is 0 Å². The van der Waals surface area contributed by atoms with E-state index >= 15 is 0 Å². The molecule has 0 aromatic heterocycles. The molecule has 2 atom stereocenters. The van der Waals surface area contributed by atoms with Crippen molar-refractivity contribution in [3.8, 4) is 0 Å². The standard InChI is InChI=1S/C11H20FNO4/c1-6(2)16-10(14)8(12)5-9(13)11(15)17-7(3)4/h6-9H,5,13H2,1-4H3/t8?,9-/m0/s1. The van der Waals surface area contributed by atoms with E-state index in [1.54, 1.807) is 27.7 Å². The lowest BCUT2D eigenvalue weighted by Crippen LogP contribution is -2.38. The molecule has 0 spiro atoms. The van der Waals surface area contributed by atoms with E-state index in [0.29, 0.717) is 0 Å². The molecule has 6 heteroatoms. The first kappa shape index (κ1) is 15.8. The van der Waals surface area contributed by atoms with Gasteiger partial charge >= 0.3 is 11.9 Å². The van der Waals surface area contributed by atoms with E-state index in [4.69, 9.17) is 10.5 Å². The van der Waals surface area contributed by atoms with Crippen LogP contribution < -0.4 is 5.73 Å². The second-order valence-electron chi connectivity index (χ2n) is 4.28. The predicted molar refractivity (Wildman–Crippen MR) is 59.9 cm³/mol. The van der Waals surface area contributed by atoms with Gasteiger partial charge in [-0.1, -0.05) is 0 Å². The zero-order valence-electron chi connectivity index (χ0n) is 10.6. The summed E-state index contributed by atoms with van der Waals surface area (Å²) in [5.41, 5.74) is 5.41. The van der Waals surface area contributed by atoms with Crippen LogP contribution in [0.4, 0.5) is 4.39 Å². The fraction of sp³-hybridized carbons (Fsp3) is 0.818. The number of nitrogens with two attached hydrogens (primary N) is 1. The number of carbonyl (C=O) groups excluding carboxylic acids is 2. The monoisotopic (exact) mass is 249 g/mol. The fourth-order valence-corrected chi connectivity index (χ4v) is 1.04. The number of esters is 2. The van der Waals surface area contributed by atoms with E-state index in [0.717, 1.165) is 0 Å². The minimum absolute atomic E-state index is 0.325. The molecule has 0 saturated heterocycles. The van der Waals surface area contributed by atoms with Crippen LogP contribution in [0.2, 0.25) is 0 Å². The van der Waals surface area contributed by atoms with Crippen LogP contribution in [0.5, 0.6) is 0 Å². The third kappa shape index (κ3) is 6.88. The third-order valence-corrected chi connectivity index (χ3v) is 1.72. The van der Waals surface area contributed by atoms with Gasteiger partial charge in [-0.3, -0.25) is 4.79 Å². The van der Waals surface area contributed by atoms with Crippen molar-refractivity contribution in [3.05, 3.63) is 0 Å². The molecular weight excluding hydrogens is 229 g/mol. The maximum atomic E-state index is 13.3. The summed E-state index contributed by atoms with van der Waals surface area (Å²) in [4.78, 5) is 22.4. The highest BCUT2D eigenvalue weighted by Gasteiger charge is 2.27. The van der Waals surface area contributed by atoms with Gasteiger partial charge in [0.05, 0.1) is 12.2 Å². The molecule has 1 unspecified atom stereocenters. The molecule has 0 aromatic rings. The van der Waals surface area contributed by atoms with Gasteiger partial charge in [0.25, 0.3) is 0 Å². The molecule has 0 bridgehead atoms. The molecule has 0 aromatic carbocycles. The maximum Gasteiger partial charge on any atom is 0.341 e. The minimum Gasteiger partial charge on any atom is -0.462 e. The van der Waals surface area contributed by atoms with Crippen molar-refractivity contribution in [3.63, 3.8) is 0 Å². The van der Waals surface area contributed by atoms with Gasteiger partial charge in [0, 0.05) is 6.42 Å². The lowest BCUT2D eigenvalue weighted by molar-refractivity contribution is -0.155. The van der Waals surface area contributed by atoms with Gasteiger partial charge in [-0.25, -0.2) is 9.18 Å². The predicted octanol–water partition coefficient (Wildman–Crippen LogP) is 0.945. The van der Waals surface area contributed by atoms with Crippen molar-refractivity contribution >= 4 is 11.9 Å². The van der Waals surface area contributed by atoms with Crippen LogP contribution in [0.1, 0.15) is 34.1 Å². The molecule has 0 fully saturated rings. The van der Waals surface area contributed by atoms with Gasteiger partial charge in [0.15, 0.2) is 6.17 Å². The number of ether oxygens (including phenoxy) is 2. The molecule has 0 amide bonds. The topological polar surface area (TPSA) is 78.6 Å². The minimum atomic E-state index is -1.91. The Morgan fingerprint density at radius 1 is 1.06 bits per heavy atom. The summed E-state index contributed by atoms with van der Waals surface area (Å²) in [6.07, 6.45) is -3.07. The van der Waals surface area contributed by atoms with Gasteiger partial charge in [-0.15, -0.1) is 0 Å². The molecule has 5 nitrogen and oxygen atoms in total. The summed E-state index contributed by atoms with van der Waals surface area (Å²) >= 11 is 0. The van der Waals surface area contributed by atoms with Crippen molar-refractivity contribution < 1.29 is 23.5 Å². The Kier molecular flexibility index (Phi) is 6.72. The smallest absolute Gasteiger partial charge is 0.341 e. The van der Waals surface area contributed by atoms with Crippen LogP contribution in [-0.2, 0) is 19.1 Å². The fourth-order valence-electron chi connectivity index (χ4n) is 1.04. The molecule has 100 valence electrons. The van der Waals surface area contributed by atoms with E-state index in [1.165, 1.54) is 0 Å². The van der Waals surface area contributed by atoms with Gasteiger partial charge in [-0.05, 0) is 27.7 Å². The molecule has 0 rings (SSSR count). The van der Waals surface area contributed by atoms with Gasteiger partial charge in [0.2, 0.25) is 0 Å². The first-order valence-electron chi connectivity index (χ1n) is 5.54. The average molecular weight is 249 g/mol. The van der Waals surface area contributed by atoms with Crippen LogP contribution in [0, 0.1) is 0 Å². The molecule has 17 heavy (non-hydrogen) atoms. The Balaban J connectivity index is 4.14. The highest BCUT2D eigenvalue weighted by atomic mass is 19.1. The molecule has 0 aliphatic heterocycles. The molecule has 0 aliphatic rings. The van der Waals surface area contributed by atoms with Crippen LogP contribution in [0.25, 0.3) is 0 Å². The summed E-state index contributed by atoms with van der Waals surface area (Å²) in [5.74, 6) is -1.73. The van der Waals surface area contributed by atoms with E-state index in [9.17, 15) is 14.0 Å². The number of hydrogen-bond donors (Lipinski definition) is 1. The summed E-state index contributed by atoms with van der Waals surface area (Å²) in [7, 11) is 0. The SMILES string of the molecule is CC(C)OC(=O)C(F)C[C@H](N)C(=O)OC(C)C. The van der Waals surface area contributed by atoms with Crippen molar-refractivity contribution in [2.75, 3.05) is 0 Å². The lowest BCUT2D eigenvalue weighted by Gasteiger charge is -2.16. The largest absolute Gasteiger partial charge is 0.462 e. The molecule has 2 N–H and O–H groups in total. The van der Waals surface area contributed by atoms with Gasteiger partial charge < -0.3 is 15.2 Å². The average Bonchev–Trinajstić information content (AvgIpc) is 2.15. The van der Waals surface area contributed by atoms with Crippen molar-refractivity contribution in [1.29, 1.82) is 0 Å². The maximum absolute atomic E-state index is 13.3. The Hall–Kier alpha value is -1.17. The Labute approximate surface area is 100 Å². The zero-order valence-corrected chi connectivity index (χ0v) is 10.6. The van der Waals surface area contributed by atoms with E-state index in [1.807, 2.05) is 0 Å². The second-order valence-corrected chi connectivity index (χ2v) is 4.28. The van der Waals surface area contributed by atoms with E-state index < -0.39 is 36.7 Å². The number of alkyl halides is 1. The first-order chi connectivity index (χ1) is 7.73. The summed E-state index contributed by atoms with van der Waals surface area (Å²) in [6, 6.07) is -1.16. The highest BCUT2D eigenvalue weighted by molar-refractivity contribution is 5.79. The Bertz CT molecular complexity index is 242. The molecule has 0 saturated carbocycles. The van der Waals surface area contributed by atoms with Crippen LogP contribution in [0.3, 0.4) is 0 Å². The van der Waals surface area contributed by atoms with Crippen molar-refractivity contribution in [2.45, 2.75) is 58.5 Å². The lowest BCUT2D eigenvalue weighted by atomic mass is 10.1. The van der Waals surface area contributed by atoms with Gasteiger partial charge in [0.1, 0.15) is 6.04 Å². The van der Waals surface area contributed by atoms with Gasteiger partial charge in [-0.2, -0.15) is 0 Å². The molecular formula is C11H20FNO4. The van der Waals surface area contributed by atoms with Crippen LogP contribution >= 0.6 is 0 Å². The quantitative estimate of drug-likeness (QED) is 0.709. The summed E-state index contributed by atoms with van der Waals surface area (Å²) in [6.45, 7) is 6.53. The number of rotatable bonds is 6. The van der Waals surface area contributed by atoms with Crippen molar-refractivity contribution in [1.82, 2.24) is 0 Å². The normalized spacial score (nSPS) is 14.6. The van der Waals surface area contributed by atoms with Crippen LogP contribution in [-0.4, -0.2) is 36.4 Å².